The highest BCUT2D eigenvalue weighted by molar-refractivity contribution is 5.86. The molecule has 5 heteroatoms. The minimum absolute atomic E-state index is 0.176. The molecule has 0 spiro atoms. The van der Waals surface area contributed by atoms with Crippen molar-refractivity contribution >= 4 is 11.9 Å². The Morgan fingerprint density at radius 3 is 1.88 bits per heavy atom. The number of carbonyl (C=O) groups is 2. The second kappa shape index (κ2) is 10.9. The Labute approximate surface area is 102 Å². The molecule has 0 aromatic heterocycles. The number of hydrogen-bond donors (Lipinski definition) is 1. The summed E-state index contributed by atoms with van der Waals surface area (Å²) in [7, 11) is 0. The van der Waals surface area contributed by atoms with E-state index >= 15 is 0 Å². The van der Waals surface area contributed by atoms with E-state index in [4.69, 9.17) is 14.6 Å². The minimum Gasteiger partial charge on any atom is -0.478 e. The van der Waals surface area contributed by atoms with Crippen LogP contribution < -0.4 is 0 Å². The first-order valence-corrected chi connectivity index (χ1v) is 5.12. The van der Waals surface area contributed by atoms with Crippen molar-refractivity contribution in [3.63, 3.8) is 0 Å². The Morgan fingerprint density at radius 1 is 1.12 bits per heavy atom. The largest absolute Gasteiger partial charge is 0.478 e. The van der Waals surface area contributed by atoms with Crippen LogP contribution in [0.25, 0.3) is 0 Å². The summed E-state index contributed by atoms with van der Waals surface area (Å²) in [4.78, 5) is 20.3. The topological polar surface area (TPSA) is 72.8 Å². The number of carboxylic acids is 1. The van der Waals surface area contributed by atoms with E-state index in [-0.39, 0.29) is 11.5 Å². The summed E-state index contributed by atoms with van der Waals surface area (Å²) in [5.74, 6) is -1.29. The zero-order valence-electron chi connectivity index (χ0n) is 10.6. The van der Waals surface area contributed by atoms with Gasteiger partial charge in [0.1, 0.15) is 6.61 Å². The lowest BCUT2D eigenvalue weighted by Gasteiger charge is -2.03. The lowest BCUT2D eigenvalue weighted by Crippen LogP contribution is -2.10. The molecule has 17 heavy (non-hydrogen) atoms. The predicted molar refractivity (Wildman–Crippen MR) is 64.7 cm³/mol. The standard InChI is InChI=1S/C8H14O3.C4H6O2/c1-4-10-5-6-11-8(9)7(2)3;1-3(2)4(5)6/h2,4-6H2,1,3H3;1H2,2H3,(H,5,6). The quantitative estimate of drug-likeness (QED) is 0.438. The Morgan fingerprint density at radius 2 is 1.59 bits per heavy atom. The van der Waals surface area contributed by atoms with E-state index in [2.05, 4.69) is 13.2 Å². The molecule has 0 saturated heterocycles. The Balaban J connectivity index is 0. The highest BCUT2D eigenvalue weighted by atomic mass is 16.6. The number of esters is 1. The molecular weight excluding hydrogens is 224 g/mol. The molecule has 0 bridgehead atoms. The average molecular weight is 244 g/mol. The average Bonchev–Trinajstić information content (AvgIpc) is 2.24. The van der Waals surface area contributed by atoms with Crippen LogP contribution in [0.1, 0.15) is 20.8 Å². The SMILES string of the molecule is C=C(C)C(=O)O.C=C(C)C(=O)OCCOCC. The first-order chi connectivity index (χ1) is 7.82. The minimum atomic E-state index is -0.935. The molecule has 1 N–H and O–H groups in total. The number of ether oxygens (including phenoxy) is 2. The van der Waals surface area contributed by atoms with E-state index in [0.717, 1.165) is 0 Å². The fourth-order valence-corrected chi connectivity index (χ4v) is 0.461. The zero-order chi connectivity index (χ0) is 13.8. The highest BCUT2D eigenvalue weighted by Gasteiger charge is 2.00. The third-order valence-electron chi connectivity index (χ3n) is 1.38. The van der Waals surface area contributed by atoms with Gasteiger partial charge in [0.05, 0.1) is 6.61 Å². The molecule has 0 rings (SSSR count). The van der Waals surface area contributed by atoms with Gasteiger partial charge in [-0.1, -0.05) is 13.2 Å². The number of carboxylic acid groups (broad SMARTS) is 1. The highest BCUT2D eigenvalue weighted by Crippen LogP contribution is 1.91. The summed E-state index contributed by atoms with van der Waals surface area (Å²) in [6.45, 7) is 12.9. The summed E-state index contributed by atoms with van der Waals surface area (Å²) in [5, 5.41) is 7.89. The van der Waals surface area contributed by atoms with Crippen molar-refractivity contribution in [2.45, 2.75) is 20.8 Å². The van der Waals surface area contributed by atoms with E-state index in [1.807, 2.05) is 6.92 Å². The first kappa shape index (κ1) is 17.8. The van der Waals surface area contributed by atoms with E-state index < -0.39 is 5.97 Å². The molecule has 98 valence electrons. The molecule has 0 aliphatic heterocycles. The van der Waals surface area contributed by atoms with Crippen LogP contribution in [0.5, 0.6) is 0 Å². The van der Waals surface area contributed by atoms with Crippen LogP contribution in [-0.4, -0.2) is 36.9 Å². The van der Waals surface area contributed by atoms with Gasteiger partial charge in [0.15, 0.2) is 0 Å². The molecule has 0 saturated carbocycles. The van der Waals surface area contributed by atoms with Crippen LogP contribution in [0.15, 0.2) is 24.3 Å². The van der Waals surface area contributed by atoms with Gasteiger partial charge in [-0.05, 0) is 20.8 Å². The van der Waals surface area contributed by atoms with Gasteiger partial charge in [-0.15, -0.1) is 0 Å². The summed E-state index contributed by atoms with van der Waals surface area (Å²) in [6.07, 6.45) is 0. The summed E-state index contributed by atoms with van der Waals surface area (Å²) >= 11 is 0. The smallest absolute Gasteiger partial charge is 0.333 e. The monoisotopic (exact) mass is 244 g/mol. The molecule has 0 radical (unpaired) electrons. The van der Waals surface area contributed by atoms with Gasteiger partial charge in [-0.2, -0.15) is 0 Å². The van der Waals surface area contributed by atoms with Crippen molar-refractivity contribution in [3.05, 3.63) is 24.3 Å². The van der Waals surface area contributed by atoms with Gasteiger partial charge in [-0.25, -0.2) is 9.59 Å². The van der Waals surface area contributed by atoms with E-state index in [0.29, 0.717) is 25.4 Å². The van der Waals surface area contributed by atoms with Gasteiger partial charge in [-0.3, -0.25) is 0 Å². The van der Waals surface area contributed by atoms with Gasteiger partial charge < -0.3 is 14.6 Å². The van der Waals surface area contributed by atoms with E-state index in [1.54, 1.807) is 6.92 Å². The van der Waals surface area contributed by atoms with Crippen molar-refractivity contribution in [1.29, 1.82) is 0 Å². The van der Waals surface area contributed by atoms with Crippen LogP contribution in [0.2, 0.25) is 0 Å². The van der Waals surface area contributed by atoms with Crippen molar-refractivity contribution in [2.75, 3.05) is 19.8 Å². The van der Waals surface area contributed by atoms with Crippen molar-refractivity contribution in [3.8, 4) is 0 Å². The third-order valence-corrected chi connectivity index (χ3v) is 1.38. The fraction of sp³-hybridized carbons (Fsp3) is 0.500. The second-order valence-electron chi connectivity index (χ2n) is 3.20. The van der Waals surface area contributed by atoms with Crippen LogP contribution in [-0.2, 0) is 19.1 Å². The Hall–Kier alpha value is -1.62. The number of rotatable bonds is 6. The molecule has 0 unspecified atom stereocenters. The fourth-order valence-electron chi connectivity index (χ4n) is 0.461. The van der Waals surface area contributed by atoms with E-state index in [9.17, 15) is 9.59 Å². The molecule has 0 amide bonds. The third kappa shape index (κ3) is 14.4. The van der Waals surface area contributed by atoms with E-state index in [1.165, 1.54) is 6.92 Å². The first-order valence-electron chi connectivity index (χ1n) is 5.12. The van der Waals surface area contributed by atoms with Gasteiger partial charge in [0.25, 0.3) is 0 Å². The normalized spacial score (nSPS) is 8.65. The number of aliphatic carboxylic acids is 1. The lowest BCUT2D eigenvalue weighted by molar-refractivity contribution is -0.140. The molecule has 0 fully saturated rings. The Bertz CT molecular complexity index is 269. The molecule has 5 nitrogen and oxygen atoms in total. The van der Waals surface area contributed by atoms with Gasteiger partial charge >= 0.3 is 11.9 Å². The molecule has 0 aromatic carbocycles. The predicted octanol–water partition coefficient (Wildman–Crippen LogP) is 1.79. The molecular formula is C12H20O5. The molecule has 0 heterocycles. The lowest BCUT2D eigenvalue weighted by atomic mass is 10.4. The van der Waals surface area contributed by atoms with Crippen LogP contribution in [0.3, 0.4) is 0 Å². The zero-order valence-corrected chi connectivity index (χ0v) is 10.6. The van der Waals surface area contributed by atoms with Crippen LogP contribution >= 0.6 is 0 Å². The number of hydrogen-bond acceptors (Lipinski definition) is 4. The maximum atomic E-state index is 10.7. The number of carbonyl (C=O) groups excluding carboxylic acids is 1. The summed E-state index contributed by atoms with van der Waals surface area (Å²) < 4.78 is 9.70. The maximum Gasteiger partial charge on any atom is 0.333 e. The molecule has 0 aromatic rings. The molecule has 0 aliphatic rings. The van der Waals surface area contributed by atoms with Crippen molar-refractivity contribution in [1.82, 2.24) is 0 Å². The second-order valence-corrected chi connectivity index (χ2v) is 3.20. The summed E-state index contributed by atoms with van der Waals surface area (Å²) in [5.41, 5.74) is 0.594. The van der Waals surface area contributed by atoms with Gasteiger partial charge in [0, 0.05) is 17.8 Å². The molecule has 0 aliphatic carbocycles. The maximum absolute atomic E-state index is 10.7. The van der Waals surface area contributed by atoms with Gasteiger partial charge in [0.2, 0.25) is 0 Å². The van der Waals surface area contributed by atoms with Crippen LogP contribution in [0.4, 0.5) is 0 Å². The molecule has 0 atom stereocenters. The summed E-state index contributed by atoms with van der Waals surface area (Å²) in [6, 6.07) is 0. The van der Waals surface area contributed by atoms with Crippen molar-refractivity contribution in [2.24, 2.45) is 0 Å². The Kier molecular flexibility index (Phi) is 11.4. The van der Waals surface area contributed by atoms with Crippen molar-refractivity contribution < 1.29 is 24.2 Å². The van der Waals surface area contributed by atoms with Crippen LogP contribution in [0, 0.1) is 0 Å².